The summed E-state index contributed by atoms with van der Waals surface area (Å²) in [5.41, 5.74) is 4.45. The number of carbonyl (C=O) groups is 1. The molecule has 124 valence electrons. The van der Waals surface area contributed by atoms with Crippen LogP contribution >= 0.6 is 11.6 Å². The predicted molar refractivity (Wildman–Crippen MR) is 93.2 cm³/mol. The molecule has 0 radical (unpaired) electrons. The van der Waals surface area contributed by atoms with E-state index in [1.54, 1.807) is 0 Å². The molecule has 1 aliphatic heterocycles. The fourth-order valence-electron chi connectivity index (χ4n) is 3.89. The first-order valence-corrected chi connectivity index (χ1v) is 8.48. The van der Waals surface area contributed by atoms with Crippen LogP contribution in [0.3, 0.4) is 0 Å². The van der Waals surface area contributed by atoms with Crippen LogP contribution in [0.4, 0.5) is 5.88 Å². The molecule has 1 aliphatic carbocycles. The number of nitrogens with zero attached hydrogens (tertiary/aromatic N) is 1. The van der Waals surface area contributed by atoms with Crippen molar-refractivity contribution in [3.8, 4) is 0 Å². The number of carbonyl (C=O) groups excluding carboxylic acids is 1. The summed E-state index contributed by atoms with van der Waals surface area (Å²) in [7, 11) is 0. The van der Waals surface area contributed by atoms with Crippen molar-refractivity contribution in [2.24, 2.45) is 5.41 Å². The minimum absolute atomic E-state index is 0.0611. The second-order valence-corrected chi connectivity index (χ2v) is 7.89. The average Bonchev–Trinajstić information content (AvgIpc) is 2.85. The number of hydrogen-bond acceptors (Lipinski definition) is 4. The van der Waals surface area contributed by atoms with Gasteiger partial charge < -0.3 is 9.84 Å². The predicted octanol–water partition coefficient (Wildman–Crippen LogP) is 4.84. The van der Waals surface area contributed by atoms with Crippen LogP contribution in [-0.2, 0) is 4.79 Å². The number of rotatable bonds is 1. The topological polar surface area (TPSA) is 55.1 Å². The highest BCUT2D eigenvalue weighted by molar-refractivity contribution is 6.30. The van der Waals surface area contributed by atoms with Crippen LogP contribution in [0.15, 0.2) is 40.1 Å². The van der Waals surface area contributed by atoms with E-state index in [1.807, 2.05) is 31.2 Å². The van der Waals surface area contributed by atoms with Crippen LogP contribution in [0.5, 0.6) is 0 Å². The van der Waals surface area contributed by atoms with Crippen molar-refractivity contribution in [3.05, 3.63) is 57.4 Å². The van der Waals surface area contributed by atoms with E-state index in [0.29, 0.717) is 17.3 Å². The summed E-state index contributed by atoms with van der Waals surface area (Å²) in [5, 5.41) is 8.08. The van der Waals surface area contributed by atoms with Gasteiger partial charge in [-0.3, -0.25) is 4.79 Å². The number of nitrogens with one attached hydrogen (secondary N) is 1. The normalized spacial score (nSPS) is 22.0. The number of ketones is 1. The number of fused-ring (bicyclic) bond motifs is 1. The fraction of sp³-hybridized carbons (Fsp3) is 0.368. The van der Waals surface area contributed by atoms with Crippen LogP contribution in [0.2, 0.25) is 5.02 Å². The third kappa shape index (κ3) is 2.37. The highest BCUT2D eigenvalue weighted by Crippen LogP contribution is 2.50. The number of anilines is 1. The summed E-state index contributed by atoms with van der Waals surface area (Å²) in [6.07, 6.45) is 1.36. The van der Waals surface area contributed by atoms with Gasteiger partial charge >= 0.3 is 0 Å². The quantitative estimate of drug-likeness (QED) is 0.805. The Kier molecular flexibility index (Phi) is 3.36. The highest BCUT2D eigenvalue weighted by Gasteiger charge is 2.42. The van der Waals surface area contributed by atoms with Crippen molar-refractivity contribution in [2.75, 3.05) is 5.32 Å². The molecule has 1 aromatic heterocycles. The number of hydrogen-bond donors (Lipinski definition) is 1. The van der Waals surface area contributed by atoms with Gasteiger partial charge in [0.25, 0.3) is 0 Å². The first kappa shape index (κ1) is 15.5. The molecule has 0 bridgehead atoms. The van der Waals surface area contributed by atoms with Crippen molar-refractivity contribution in [2.45, 2.75) is 39.5 Å². The van der Waals surface area contributed by atoms with Gasteiger partial charge in [0.05, 0.1) is 11.3 Å². The monoisotopic (exact) mass is 342 g/mol. The fourth-order valence-corrected chi connectivity index (χ4v) is 4.09. The number of Topliss-reactive ketones (excluding diaryl/α,β-unsaturated/α-hetero) is 1. The Morgan fingerprint density at radius 2 is 2.12 bits per heavy atom. The summed E-state index contributed by atoms with van der Waals surface area (Å²) < 4.78 is 5.48. The van der Waals surface area contributed by atoms with Crippen LogP contribution in [0.1, 0.15) is 49.4 Å². The molecule has 0 saturated heterocycles. The van der Waals surface area contributed by atoms with Gasteiger partial charge in [-0.2, -0.15) is 0 Å². The van der Waals surface area contributed by atoms with E-state index in [1.165, 1.54) is 0 Å². The minimum atomic E-state index is -0.176. The maximum Gasteiger partial charge on any atom is 0.233 e. The van der Waals surface area contributed by atoms with Crippen molar-refractivity contribution >= 4 is 23.3 Å². The molecular formula is C19H19ClN2O2. The number of allylic oxidation sites excluding steroid dienone is 2. The molecular weight excluding hydrogens is 324 g/mol. The first-order chi connectivity index (χ1) is 11.4. The van der Waals surface area contributed by atoms with E-state index in [2.05, 4.69) is 24.3 Å². The zero-order chi connectivity index (χ0) is 17.1. The van der Waals surface area contributed by atoms with Gasteiger partial charge in [0.2, 0.25) is 5.88 Å². The lowest BCUT2D eigenvalue weighted by molar-refractivity contribution is -0.118. The van der Waals surface area contributed by atoms with Crippen molar-refractivity contribution in [1.29, 1.82) is 0 Å². The third-order valence-electron chi connectivity index (χ3n) is 4.85. The second-order valence-electron chi connectivity index (χ2n) is 7.46. The van der Waals surface area contributed by atoms with E-state index < -0.39 is 0 Å². The Morgan fingerprint density at radius 3 is 2.88 bits per heavy atom. The lowest BCUT2D eigenvalue weighted by atomic mass is 9.69. The van der Waals surface area contributed by atoms with E-state index in [9.17, 15) is 4.79 Å². The summed E-state index contributed by atoms with van der Waals surface area (Å²) in [6.45, 7) is 6.14. The van der Waals surface area contributed by atoms with E-state index >= 15 is 0 Å². The van der Waals surface area contributed by atoms with E-state index in [-0.39, 0.29) is 17.1 Å². The molecule has 0 saturated carbocycles. The van der Waals surface area contributed by atoms with Gasteiger partial charge in [-0.25, -0.2) is 0 Å². The maximum absolute atomic E-state index is 13.0. The summed E-state index contributed by atoms with van der Waals surface area (Å²) in [5.74, 6) is 0.650. The van der Waals surface area contributed by atoms with Crippen LogP contribution in [0, 0.1) is 12.3 Å². The Morgan fingerprint density at radius 1 is 1.33 bits per heavy atom. The second kappa shape index (κ2) is 5.21. The number of aromatic nitrogens is 1. The summed E-state index contributed by atoms with van der Waals surface area (Å²) in [4.78, 5) is 13.0. The molecule has 1 atom stereocenters. The molecule has 4 nitrogen and oxygen atoms in total. The van der Waals surface area contributed by atoms with Crippen molar-refractivity contribution < 1.29 is 9.32 Å². The minimum Gasteiger partial charge on any atom is -0.338 e. The Labute approximate surface area is 145 Å². The maximum atomic E-state index is 13.0. The molecule has 0 fully saturated rings. The smallest absolute Gasteiger partial charge is 0.233 e. The molecule has 5 heteroatoms. The molecule has 1 N–H and O–H groups in total. The molecule has 4 rings (SSSR count). The lowest BCUT2D eigenvalue weighted by Crippen LogP contribution is -2.33. The molecule has 2 aliphatic rings. The standard InChI is InChI=1S/C19H19ClN2O2/c1-10-15-16(11-5-4-6-12(20)7-11)17-13(21-18(15)24-22-10)8-19(2,3)9-14(17)23/h4-7,16,21H,8-9H2,1-3H3/t16-/m0/s1. The van der Waals surface area contributed by atoms with Crippen LogP contribution in [0.25, 0.3) is 0 Å². The Bertz CT molecular complexity index is 879. The molecule has 1 aromatic carbocycles. The van der Waals surface area contributed by atoms with Crippen molar-refractivity contribution in [1.82, 2.24) is 5.16 Å². The zero-order valence-corrected chi connectivity index (χ0v) is 14.7. The molecule has 24 heavy (non-hydrogen) atoms. The molecule has 0 spiro atoms. The lowest BCUT2D eigenvalue weighted by Gasteiger charge is -2.37. The number of aryl methyl sites for hydroxylation is 1. The van der Waals surface area contributed by atoms with Crippen LogP contribution in [-0.4, -0.2) is 10.9 Å². The van der Waals surface area contributed by atoms with Gasteiger partial charge in [-0.15, -0.1) is 0 Å². The molecule has 2 aromatic rings. The van der Waals surface area contributed by atoms with Crippen molar-refractivity contribution in [3.63, 3.8) is 0 Å². The van der Waals surface area contributed by atoms with Gasteiger partial charge in [0, 0.05) is 28.6 Å². The Balaban J connectivity index is 1.95. The van der Waals surface area contributed by atoms with Gasteiger partial charge in [0.1, 0.15) is 0 Å². The molecule has 2 heterocycles. The third-order valence-corrected chi connectivity index (χ3v) is 5.09. The highest BCUT2D eigenvalue weighted by atomic mass is 35.5. The first-order valence-electron chi connectivity index (χ1n) is 8.11. The van der Waals surface area contributed by atoms with Gasteiger partial charge in [0.15, 0.2) is 5.78 Å². The summed E-state index contributed by atoms with van der Waals surface area (Å²) >= 11 is 6.21. The molecule has 0 amide bonds. The Hall–Kier alpha value is -2.07. The SMILES string of the molecule is Cc1noc2c1[C@H](c1cccc(Cl)c1)C1=C(CC(C)(C)CC1=O)N2. The molecule has 0 unspecified atom stereocenters. The number of halogens is 1. The van der Waals surface area contributed by atoms with E-state index in [4.69, 9.17) is 16.1 Å². The zero-order valence-electron chi connectivity index (χ0n) is 13.9. The van der Waals surface area contributed by atoms with Gasteiger partial charge in [-0.05, 0) is 36.5 Å². The number of benzene rings is 1. The van der Waals surface area contributed by atoms with E-state index in [0.717, 1.165) is 34.5 Å². The summed E-state index contributed by atoms with van der Waals surface area (Å²) in [6, 6.07) is 7.69. The van der Waals surface area contributed by atoms with Crippen LogP contribution < -0.4 is 5.32 Å². The largest absolute Gasteiger partial charge is 0.338 e. The average molecular weight is 343 g/mol. The van der Waals surface area contributed by atoms with Gasteiger partial charge in [-0.1, -0.05) is 42.7 Å².